The lowest BCUT2D eigenvalue weighted by molar-refractivity contribution is -0.150. The first-order chi connectivity index (χ1) is 22.0. The molecule has 0 fully saturated rings. The van der Waals surface area contributed by atoms with E-state index < -0.39 is 5.97 Å². The van der Waals surface area contributed by atoms with Crippen molar-refractivity contribution >= 4 is 17.8 Å². The fraction of sp³-hybridized carbons (Fsp3) is 0.718. The molecule has 258 valence electrons. The summed E-state index contributed by atoms with van der Waals surface area (Å²) in [5, 5.41) is 11.0. The molecule has 45 heavy (non-hydrogen) atoms. The molecule has 0 rings (SSSR count). The number of carbonyl (C=O) groups excluding carboxylic acids is 2. The third-order valence-electron chi connectivity index (χ3n) is 7.77. The van der Waals surface area contributed by atoms with Crippen molar-refractivity contribution in [1.82, 2.24) is 5.32 Å². The molecule has 1 amide bonds. The Labute approximate surface area is 276 Å². The summed E-state index contributed by atoms with van der Waals surface area (Å²) >= 11 is 0. The maximum Gasteiger partial charge on any atom is 0.322 e. The van der Waals surface area contributed by atoms with Crippen molar-refractivity contribution < 1.29 is 24.2 Å². The highest BCUT2D eigenvalue weighted by Gasteiger charge is 2.14. The van der Waals surface area contributed by atoms with Crippen LogP contribution in [0.2, 0.25) is 0 Å². The first kappa shape index (κ1) is 42.4. The number of carboxylic acids is 1. The van der Waals surface area contributed by atoms with E-state index in [0.717, 1.165) is 109 Å². The van der Waals surface area contributed by atoms with Crippen LogP contribution in [-0.2, 0) is 19.1 Å². The van der Waals surface area contributed by atoms with E-state index in [4.69, 9.17) is 9.84 Å². The van der Waals surface area contributed by atoms with Gasteiger partial charge >= 0.3 is 11.9 Å². The van der Waals surface area contributed by atoms with Gasteiger partial charge in [0.05, 0.1) is 0 Å². The maximum atomic E-state index is 12.6. The van der Waals surface area contributed by atoms with Gasteiger partial charge < -0.3 is 15.2 Å². The lowest BCUT2D eigenvalue weighted by atomic mass is 10.0. The molecule has 0 aliphatic carbocycles. The zero-order valence-corrected chi connectivity index (χ0v) is 29.0. The van der Waals surface area contributed by atoms with Gasteiger partial charge in [-0.3, -0.25) is 14.4 Å². The molecule has 0 aliphatic heterocycles. The highest BCUT2D eigenvalue weighted by Crippen LogP contribution is 2.18. The molecular formula is C39H67NO5. The van der Waals surface area contributed by atoms with Crippen LogP contribution in [0.1, 0.15) is 168 Å². The van der Waals surface area contributed by atoms with Gasteiger partial charge in [0.15, 0.2) is 0 Å². The summed E-state index contributed by atoms with van der Waals surface area (Å²) in [6.45, 7) is 4.07. The number of hydrogen-bond acceptors (Lipinski definition) is 4. The smallest absolute Gasteiger partial charge is 0.322 e. The zero-order valence-electron chi connectivity index (χ0n) is 29.0. The normalized spacial score (nSPS) is 12.6. The first-order valence-corrected chi connectivity index (χ1v) is 18.3. The Morgan fingerprint density at radius 3 is 1.67 bits per heavy atom. The van der Waals surface area contributed by atoms with Crippen molar-refractivity contribution in [1.29, 1.82) is 0 Å². The van der Waals surface area contributed by atoms with E-state index in [2.05, 4.69) is 67.8 Å². The Hall–Kier alpha value is -2.63. The van der Waals surface area contributed by atoms with Crippen LogP contribution in [0.15, 0.2) is 48.6 Å². The van der Waals surface area contributed by atoms with E-state index in [1.807, 2.05) is 0 Å². The van der Waals surface area contributed by atoms with Crippen molar-refractivity contribution in [3.05, 3.63) is 48.6 Å². The number of nitrogens with one attached hydrogen (secondary N) is 1. The molecule has 0 bridgehead atoms. The van der Waals surface area contributed by atoms with Crippen LogP contribution >= 0.6 is 0 Å². The van der Waals surface area contributed by atoms with Crippen LogP contribution < -0.4 is 5.32 Å². The monoisotopic (exact) mass is 630 g/mol. The number of hydrogen-bond donors (Lipinski definition) is 2. The second-order valence-corrected chi connectivity index (χ2v) is 12.1. The summed E-state index contributed by atoms with van der Waals surface area (Å²) in [6.07, 6.45) is 42.3. The quantitative estimate of drug-likeness (QED) is 0.0439. The van der Waals surface area contributed by atoms with E-state index in [-0.39, 0.29) is 24.5 Å². The Morgan fingerprint density at radius 2 is 1.09 bits per heavy atom. The van der Waals surface area contributed by atoms with Crippen LogP contribution in [0, 0.1) is 0 Å². The Balaban J connectivity index is 4.07. The summed E-state index contributed by atoms with van der Waals surface area (Å²) in [5.41, 5.74) is 0. The molecule has 0 spiro atoms. The fourth-order valence-corrected chi connectivity index (χ4v) is 5.09. The van der Waals surface area contributed by atoms with Gasteiger partial charge in [0.2, 0.25) is 5.91 Å². The molecule has 1 atom stereocenters. The van der Waals surface area contributed by atoms with Gasteiger partial charge in [-0.05, 0) is 77.0 Å². The van der Waals surface area contributed by atoms with Crippen molar-refractivity contribution in [2.75, 3.05) is 6.54 Å². The number of carbonyl (C=O) groups is 3. The second kappa shape index (κ2) is 34.2. The summed E-state index contributed by atoms with van der Waals surface area (Å²) in [5.74, 6) is -1.26. The molecule has 0 saturated carbocycles. The number of aliphatic carboxylic acids is 1. The molecule has 0 aliphatic rings. The van der Waals surface area contributed by atoms with Crippen LogP contribution in [-0.4, -0.2) is 35.6 Å². The molecule has 0 heterocycles. The minimum absolute atomic E-state index is 0.0172. The molecular weight excluding hydrogens is 562 g/mol. The van der Waals surface area contributed by atoms with E-state index in [0.29, 0.717) is 12.8 Å². The molecule has 6 heteroatoms. The van der Waals surface area contributed by atoms with E-state index >= 15 is 0 Å². The fourth-order valence-electron chi connectivity index (χ4n) is 5.09. The Bertz CT molecular complexity index is 829. The van der Waals surface area contributed by atoms with Gasteiger partial charge in [-0.2, -0.15) is 0 Å². The Kier molecular flexibility index (Phi) is 32.2. The lowest BCUT2D eigenvalue weighted by Gasteiger charge is -2.18. The first-order valence-electron chi connectivity index (χ1n) is 18.3. The average Bonchev–Trinajstić information content (AvgIpc) is 3.02. The van der Waals surface area contributed by atoms with Crippen molar-refractivity contribution in [2.45, 2.75) is 174 Å². The highest BCUT2D eigenvalue weighted by molar-refractivity contribution is 5.80. The van der Waals surface area contributed by atoms with Crippen molar-refractivity contribution in [3.63, 3.8) is 0 Å². The number of esters is 1. The highest BCUT2D eigenvalue weighted by atomic mass is 16.5. The van der Waals surface area contributed by atoms with Gasteiger partial charge in [0, 0.05) is 12.8 Å². The largest absolute Gasteiger partial charge is 0.480 e. The third kappa shape index (κ3) is 34.1. The predicted octanol–water partition coefficient (Wildman–Crippen LogP) is 10.7. The van der Waals surface area contributed by atoms with Crippen LogP contribution in [0.3, 0.4) is 0 Å². The molecule has 0 aromatic rings. The lowest BCUT2D eigenvalue weighted by Crippen LogP contribution is -2.28. The van der Waals surface area contributed by atoms with E-state index in [1.165, 1.54) is 32.1 Å². The summed E-state index contributed by atoms with van der Waals surface area (Å²) in [4.78, 5) is 34.7. The molecule has 0 aromatic carbocycles. The van der Waals surface area contributed by atoms with Gasteiger partial charge in [0.25, 0.3) is 0 Å². The summed E-state index contributed by atoms with van der Waals surface area (Å²) in [6, 6.07) is 0. The van der Waals surface area contributed by atoms with Crippen molar-refractivity contribution in [2.24, 2.45) is 0 Å². The summed E-state index contributed by atoms with van der Waals surface area (Å²) in [7, 11) is 0. The number of unbranched alkanes of at least 4 members (excludes halogenated alkanes) is 13. The van der Waals surface area contributed by atoms with Crippen molar-refractivity contribution in [3.8, 4) is 0 Å². The minimum Gasteiger partial charge on any atom is -0.480 e. The summed E-state index contributed by atoms with van der Waals surface area (Å²) < 4.78 is 5.95. The van der Waals surface area contributed by atoms with Crippen LogP contribution in [0.4, 0.5) is 0 Å². The van der Waals surface area contributed by atoms with Crippen LogP contribution in [0.5, 0.6) is 0 Å². The van der Waals surface area contributed by atoms with Crippen LogP contribution in [0.25, 0.3) is 0 Å². The zero-order chi connectivity index (χ0) is 33.1. The molecule has 0 saturated heterocycles. The van der Waals surface area contributed by atoms with Gasteiger partial charge in [-0.25, -0.2) is 0 Å². The molecule has 0 aromatic heterocycles. The van der Waals surface area contributed by atoms with Gasteiger partial charge in [-0.1, -0.05) is 127 Å². The van der Waals surface area contributed by atoms with Gasteiger partial charge in [0.1, 0.15) is 12.6 Å². The van der Waals surface area contributed by atoms with E-state index in [1.54, 1.807) is 0 Å². The molecule has 6 nitrogen and oxygen atoms in total. The standard InChI is InChI=1S/C39H67NO5/c1-3-5-7-9-11-12-13-14-15-16-17-18-19-20-21-26-30-34-39(44)45-36(31-27-23-10-8-6-4-2)32-28-24-22-25-29-33-37(41)40-35-38(42)43/h5,7,11-12,14-15,17-18,36H,3-4,6,8-10,13,16,19-35H2,1-2H3,(H,40,41)(H,42,43)/b7-5-,12-11-,15-14-,18-17-. The second-order valence-electron chi connectivity index (χ2n) is 12.1. The maximum absolute atomic E-state index is 12.6. The number of ether oxygens (including phenoxy) is 1. The molecule has 2 N–H and O–H groups in total. The predicted molar refractivity (Wildman–Crippen MR) is 189 cm³/mol. The molecule has 0 radical (unpaired) electrons. The number of carboxylic acid groups (broad SMARTS) is 1. The average molecular weight is 630 g/mol. The topological polar surface area (TPSA) is 92.7 Å². The number of rotatable bonds is 32. The minimum atomic E-state index is -1.02. The Morgan fingerprint density at radius 1 is 0.600 bits per heavy atom. The van der Waals surface area contributed by atoms with Gasteiger partial charge in [-0.15, -0.1) is 0 Å². The van der Waals surface area contributed by atoms with E-state index in [9.17, 15) is 14.4 Å². The SMILES string of the molecule is CC/C=C\C/C=C\C/C=C\C/C=C\CCCCCCC(=O)OC(CCCCCCCC)CCCCCCCC(=O)NCC(=O)O. The molecule has 1 unspecified atom stereocenters. The third-order valence-corrected chi connectivity index (χ3v) is 7.77. The number of amides is 1. The number of allylic oxidation sites excluding steroid dienone is 8.